The number of aromatic nitrogens is 2. The predicted molar refractivity (Wildman–Crippen MR) is 84.8 cm³/mol. The van der Waals surface area contributed by atoms with Crippen LogP contribution in [0.15, 0.2) is 10.9 Å². The van der Waals surface area contributed by atoms with Crippen LogP contribution in [-0.4, -0.2) is 9.97 Å². The molecule has 0 amide bonds. The zero-order valence-corrected chi connectivity index (χ0v) is 12.8. The summed E-state index contributed by atoms with van der Waals surface area (Å²) in [5.41, 5.74) is 5.40. The molecule has 0 unspecified atom stereocenters. The topological polar surface area (TPSA) is 71.8 Å². The van der Waals surface area contributed by atoms with Crippen LogP contribution in [0.2, 0.25) is 0 Å². The minimum absolute atomic E-state index is 0.153. The number of hydrogen-bond donors (Lipinski definition) is 2. The van der Waals surface area contributed by atoms with E-state index in [1.807, 2.05) is 0 Å². The van der Waals surface area contributed by atoms with Gasteiger partial charge in [0.1, 0.15) is 11.6 Å². The lowest BCUT2D eigenvalue weighted by Crippen LogP contribution is -2.12. The van der Waals surface area contributed by atoms with Gasteiger partial charge in [-0.25, -0.2) is 4.98 Å². The molecule has 0 spiro atoms. The minimum atomic E-state index is -0.153. The molecule has 0 bridgehead atoms. The third kappa shape index (κ3) is 7.97. The number of aryl methyl sites for hydroxylation is 1. The number of nitrogens with zero attached hydrogens (tertiary/aromatic N) is 1. The van der Waals surface area contributed by atoms with Crippen LogP contribution in [0.5, 0.6) is 0 Å². The first-order chi connectivity index (χ1) is 9.72. The number of H-pyrrole nitrogens is 1. The highest BCUT2D eigenvalue weighted by Gasteiger charge is 1.99. The van der Waals surface area contributed by atoms with Crippen LogP contribution < -0.4 is 11.3 Å². The van der Waals surface area contributed by atoms with Crippen molar-refractivity contribution >= 4 is 5.82 Å². The van der Waals surface area contributed by atoms with E-state index in [9.17, 15) is 4.79 Å². The highest BCUT2D eigenvalue weighted by Crippen LogP contribution is 2.11. The molecule has 114 valence electrons. The van der Waals surface area contributed by atoms with Crippen molar-refractivity contribution in [1.29, 1.82) is 0 Å². The average Bonchev–Trinajstić information content (AvgIpc) is 2.40. The van der Waals surface area contributed by atoms with E-state index in [4.69, 9.17) is 5.73 Å². The quantitative estimate of drug-likeness (QED) is 0.605. The van der Waals surface area contributed by atoms with E-state index in [2.05, 4.69) is 16.9 Å². The van der Waals surface area contributed by atoms with Gasteiger partial charge in [-0.1, -0.05) is 64.7 Å². The molecular weight excluding hydrogens is 250 g/mol. The van der Waals surface area contributed by atoms with Gasteiger partial charge >= 0.3 is 0 Å². The minimum Gasteiger partial charge on any atom is -0.383 e. The fraction of sp³-hybridized carbons (Fsp3) is 0.750. The van der Waals surface area contributed by atoms with Crippen molar-refractivity contribution in [3.63, 3.8) is 0 Å². The van der Waals surface area contributed by atoms with Crippen molar-refractivity contribution < 1.29 is 0 Å². The van der Waals surface area contributed by atoms with E-state index in [0.717, 1.165) is 18.7 Å². The number of rotatable bonds is 11. The first-order valence-corrected chi connectivity index (χ1v) is 8.08. The Balaban J connectivity index is 1.98. The second-order valence-corrected chi connectivity index (χ2v) is 5.55. The van der Waals surface area contributed by atoms with Gasteiger partial charge in [-0.3, -0.25) is 4.79 Å². The molecule has 1 heterocycles. The summed E-state index contributed by atoms with van der Waals surface area (Å²) in [4.78, 5) is 18.1. The zero-order chi connectivity index (χ0) is 14.6. The Kier molecular flexibility index (Phi) is 8.76. The molecule has 0 radical (unpaired) electrons. The molecule has 0 saturated carbocycles. The molecule has 0 atom stereocenters. The van der Waals surface area contributed by atoms with Crippen LogP contribution in [0, 0.1) is 0 Å². The molecule has 0 aliphatic rings. The van der Waals surface area contributed by atoms with Crippen molar-refractivity contribution in [2.45, 2.75) is 77.6 Å². The van der Waals surface area contributed by atoms with Crippen LogP contribution in [0.4, 0.5) is 5.82 Å². The number of hydrogen-bond acceptors (Lipinski definition) is 3. The van der Waals surface area contributed by atoms with Crippen LogP contribution in [0.1, 0.15) is 77.0 Å². The van der Waals surface area contributed by atoms with Gasteiger partial charge in [-0.2, -0.15) is 0 Å². The molecule has 0 saturated heterocycles. The van der Waals surface area contributed by atoms with E-state index in [1.165, 1.54) is 63.9 Å². The molecule has 3 N–H and O–H groups in total. The lowest BCUT2D eigenvalue weighted by atomic mass is 10.1. The number of anilines is 1. The Morgan fingerprint density at radius 2 is 1.55 bits per heavy atom. The number of nitrogens with two attached hydrogens (primary N) is 1. The lowest BCUT2D eigenvalue weighted by Gasteiger charge is -2.03. The highest BCUT2D eigenvalue weighted by atomic mass is 16.1. The molecule has 1 aromatic heterocycles. The van der Waals surface area contributed by atoms with E-state index < -0.39 is 0 Å². The Morgan fingerprint density at radius 3 is 2.10 bits per heavy atom. The van der Waals surface area contributed by atoms with Gasteiger partial charge < -0.3 is 10.7 Å². The second kappa shape index (κ2) is 10.5. The monoisotopic (exact) mass is 279 g/mol. The predicted octanol–water partition coefficient (Wildman–Crippen LogP) is 3.82. The summed E-state index contributed by atoms with van der Waals surface area (Å²) in [6, 6.07) is 1.32. The summed E-state index contributed by atoms with van der Waals surface area (Å²) in [6.07, 6.45) is 13.9. The van der Waals surface area contributed by atoms with Crippen LogP contribution >= 0.6 is 0 Å². The van der Waals surface area contributed by atoms with Gasteiger partial charge in [0.2, 0.25) is 0 Å². The number of unbranched alkanes of at least 4 members (excludes halogenated alkanes) is 9. The van der Waals surface area contributed by atoms with Crippen LogP contribution in [0.3, 0.4) is 0 Å². The van der Waals surface area contributed by atoms with Crippen molar-refractivity contribution in [1.82, 2.24) is 9.97 Å². The summed E-state index contributed by atoms with van der Waals surface area (Å²) in [5.74, 6) is 1.03. The summed E-state index contributed by atoms with van der Waals surface area (Å²) < 4.78 is 0. The molecule has 0 aliphatic heterocycles. The Bertz CT molecular complexity index is 414. The molecule has 1 aromatic rings. The number of nitrogens with one attached hydrogen (secondary N) is 1. The van der Waals surface area contributed by atoms with Crippen molar-refractivity contribution in [3.05, 3.63) is 22.2 Å². The van der Waals surface area contributed by atoms with E-state index in [1.54, 1.807) is 0 Å². The van der Waals surface area contributed by atoms with Gasteiger partial charge in [-0.05, 0) is 6.42 Å². The smallest absolute Gasteiger partial charge is 0.252 e. The third-order valence-electron chi connectivity index (χ3n) is 3.58. The first-order valence-electron chi connectivity index (χ1n) is 8.08. The molecule has 1 rings (SSSR count). The molecule has 4 heteroatoms. The average molecular weight is 279 g/mol. The summed E-state index contributed by atoms with van der Waals surface area (Å²) in [5, 5.41) is 0. The Labute approximate surface area is 122 Å². The zero-order valence-electron chi connectivity index (χ0n) is 12.8. The number of aromatic amines is 1. The molecule has 0 aliphatic carbocycles. The highest BCUT2D eigenvalue weighted by molar-refractivity contribution is 5.25. The molecule has 4 nitrogen and oxygen atoms in total. The van der Waals surface area contributed by atoms with Crippen LogP contribution in [0.25, 0.3) is 0 Å². The molecule has 0 aromatic carbocycles. The SMILES string of the molecule is CCCCCCCCCCCCc1nc(N)cc(=O)[nH]1. The Hall–Kier alpha value is -1.32. The van der Waals surface area contributed by atoms with Gasteiger partial charge in [0, 0.05) is 12.5 Å². The molecule has 20 heavy (non-hydrogen) atoms. The second-order valence-electron chi connectivity index (χ2n) is 5.55. The van der Waals surface area contributed by atoms with E-state index >= 15 is 0 Å². The lowest BCUT2D eigenvalue weighted by molar-refractivity contribution is 0.554. The third-order valence-corrected chi connectivity index (χ3v) is 3.58. The van der Waals surface area contributed by atoms with E-state index in [0.29, 0.717) is 5.82 Å². The van der Waals surface area contributed by atoms with E-state index in [-0.39, 0.29) is 5.56 Å². The van der Waals surface area contributed by atoms with Gasteiger partial charge in [0.25, 0.3) is 5.56 Å². The summed E-state index contributed by atoms with van der Waals surface area (Å²) in [6.45, 7) is 2.25. The maximum atomic E-state index is 11.2. The van der Waals surface area contributed by atoms with Gasteiger partial charge in [0.15, 0.2) is 0 Å². The standard InChI is InChI=1S/C16H29N3O/c1-2-3-4-5-6-7-8-9-10-11-12-15-18-14(17)13-16(20)19-15/h13H,2-12H2,1H3,(H3,17,18,19,20). The maximum absolute atomic E-state index is 11.2. The normalized spacial score (nSPS) is 10.8. The summed E-state index contributed by atoms with van der Waals surface area (Å²) in [7, 11) is 0. The van der Waals surface area contributed by atoms with Crippen LogP contribution in [-0.2, 0) is 6.42 Å². The van der Waals surface area contributed by atoms with Crippen molar-refractivity contribution in [2.24, 2.45) is 0 Å². The fourth-order valence-corrected chi connectivity index (χ4v) is 2.43. The molecular formula is C16H29N3O. The largest absolute Gasteiger partial charge is 0.383 e. The Morgan fingerprint density at radius 1 is 1.00 bits per heavy atom. The van der Waals surface area contributed by atoms with Gasteiger partial charge in [-0.15, -0.1) is 0 Å². The molecule has 0 fully saturated rings. The first kappa shape index (κ1) is 16.7. The number of nitrogen functional groups attached to an aromatic ring is 1. The fourth-order valence-electron chi connectivity index (χ4n) is 2.43. The van der Waals surface area contributed by atoms with Crippen molar-refractivity contribution in [3.8, 4) is 0 Å². The maximum Gasteiger partial charge on any atom is 0.252 e. The van der Waals surface area contributed by atoms with Crippen molar-refractivity contribution in [2.75, 3.05) is 5.73 Å². The summed E-state index contributed by atoms with van der Waals surface area (Å²) >= 11 is 0. The van der Waals surface area contributed by atoms with Gasteiger partial charge in [0.05, 0.1) is 0 Å².